The summed E-state index contributed by atoms with van der Waals surface area (Å²) in [6.07, 6.45) is 1.56. The molecule has 1 heterocycles. The number of halogens is 1. The quantitative estimate of drug-likeness (QED) is 0.911. The van der Waals surface area contributed by atoms with Gasteiger partial charge in [-0.1, -0.05) is 28.1 Å². The number of rotatable bonds is 4. The minimum absolute atomic E-state index is 0.127. The average molecular weight is 320 g/mol. The van der Waals surface area contributed by atoms with Crippen LogP contribution >= 0.6 is 15.9 Å². The highest BCUT2D eigenvalue weighted by atomic mass is 79.9. The molecule has 98 valence electrons. The molecule has 0 unspecified atom stereocenters. The summed E-state index contributed by atoms with van der Waals surface area (Å²) in [5, 5.41) is 5.77. The first-order chi connectivity index (χ1) is 9.19. The molecule has 0 fully saturated rings. The molecule has 0 spiro atoms. The zero-order chi connectivity index (χ0) is 13.7. The molecule has 0 saturated carbocycles. The van der Waals surface area contributed by atoms with Crippen molar-refractivity contribution in [2.45, 2.75) is 6.54 Å². The van der Waals surface area contributed by atoms with Gasteiger partial charge in [-0.25, -0.2) is 4.98 Å². The molecule has 2 N–H and O–H groups in total. The van der Waals surface area contributed by atoms with Gasteiger partial charge >= 0.3 is 0 Å². The Hall–Kier alpha value is -1.88. The number of hydrogen-bond acceptors (Lipinski definition) is 3. The highest BCUT2D eigenvalue weighted by Crippen LogP contribution is 2.10. The van der Waals surface area contributed by atoms with E-state index in [1.807, 2.05) is 24.3 Å². The van der Waals surface area contributed by atoms with Crippen molar-refractivity contribution in [1.29, 1.82) is 0 Å². The Morgan fingerprint density at radius 3 is 2.53 bits per heavy atom. The molecule has 0 radical (unpaired) electrons. The lowest BCUT2D eigenvalue weighted by Crippen LogP contribution is -2.22. The number of amides is 1. The van der Waals surface area contributed by atoms with Crippen LogP contribution in [-0.2, 0) is 6.54 Å². The summed E-state index contributed by atoms with van der Waals surface area (Å²) in [6.45, 7) is 0.500. The van der Waals surface area contributed by atoms with Gasteiger partial charge in [-0.2, -0.15) is 0 Å². The smallest absolute Gasteiger partial charge is 0.253 e. The standard InChI is InChI=1S/C14H14BrN3O/c1-16-13-7-4-11(9-17-13)14(19)18-8-10-2-5-12(15)6-3-10/h2-7,9H,8H2,1H3,(H,16,17)(H,18,19). The highest BCUT2D eigenvalue weighted by molar-refractivity contribution is 9.10. The van der Waals surface area contributed by atoms with Crippen molar-refractivity contribution in [2.24, 2.45) is 0 Å². The SMILES string of the molecule is CNc1ccc(C(=O)NCc2ccc(Br)cc2)cn1. The van der Waals surface area contributed by atoms with Crippen molar-refractivity contribution in [3.63, 3.8) is 0 Å². The molecule has 0 aliphatic carbocycles. The first-order valence-electron chi connectivity index (χ1n) is 5.85. The Kier molecular flexibility index (Phi) is 4.52. The lowest BCUT2D eigenvalue weighted by atomic mass is 10.2. The van der Waals surface area contributed by atoms with Crippen molar-refractivity contribution in [3.05, 3.63) is 58.2 Å². The Morgan fingerprint density at radius 2 is 1.95 bits per heavy atom. The number of nitrogens with one attached hydrogen (secondary N) is 2. The largest absolute Gasteiger partial charge is 0.373 e. The van der Waals surface area contributed by atoms with E-state index >= 15 is 0 Å². The van der Waals surface area contributed by atoms with E-state index in [4.69, 9.17) is 0 Å². The van der Waals surface area contributed by atoms with Crippen LogP contribution in [0.4, 0.5) is 5.82 Å². The van der Waals surface area contributed by atoms with E-state index in [1.165, 1.54) is 0 Å². The predicted octanol–water partition coefficient (Wildman–Crippen LogP) is 2.82. The number of hydrogen-bond donors (Lipinski definition) is 2. The monoisotopic (exact) mass is 319 g/mol. The Morgan fingerprint density at radius 1 is 1.21 bits per heavy atom. The van der Waals surface area contributed by atoms with E-state index < -0.39 is 0 Å². The second kappa shape index (κ2) is 6.33. The number of pyridine rings is 1. The van der Waals surface area contributed by atoms with E-state index in [1.54, 1.807) is 25.4 Å². The van der Waals surface area contributed by atoms with Gasteiger partial charge in [-0.05, 0) is 29.8 Å². The normalized spacial score (nSPS) is 10.0. The van der Waals surface area contributed by atoms with Gasteiger partial charge in [0.15, 0.2) is 0 Å². The maximum atomic E-state index is 11.9. The lowest BCUT2D eigenvalue weighted by Gasteiger charge is -2.06. The van der Waals surface area contributed by atoms with Crippen molar-refractivity contribution in [1.82, 2.24) is 10.3 Å². The fourth-order valence-corrected chi connectivity index (χ4v) is 1.83. The molecule has 0 atom stereocenters. The Bertz CT molecular complexity index is 552. The van der Waals surface area contributed by atoms with Crippen LogP contribution in [-0.4, -0.2) is 17.9 Å². The maximum absolute atomic E-state index is 11.9. The number of benzene rings is 1. The van der Waals surface area contributed by atoms with Gasteiger partial charge in [-0.15, -0.1) is 0 Å². The number of carbonyl (C=O) groups excluding carboxylic acids is 1. The lowest BCUT2D eigenvalue weighted by molar-refractivity contribution is 0.0950. The summed E-state index contributed by atoms with van der Waals surface area (Å²) in [6, 6.07) is 11.3. The van der Waals surface area contributed by atoms with Crippen LogP contribution in [0.1, 0.15) is 15.9 Å². The molecular weight excluding hydrogens is 306 g/mol. The van der Waals surface area contributed by atoms with Crippen LogP contribution in [0.15, 0.2) is 47.1 Å². The van der Waals surface area contributed by atoms with E-state index in [0.29, 0.717) is 12.1 Å². The zero-order valence-electron chi connectivity index (χ0n) is 10.5. The van der Waals surface area contributed by atoms with Gasteiger partial charge in [0, 0.05) is 24.3 Å². The third-order valence-electron chi connectivity index (χ3n) is 2.65. The first kappa shape index (κ1) is 13.5. The molecule has 1 aromatic carbocycles. The molecule has 0 saturated heterocycles. The molecule has 19 heavy (non-hydrogen) atoms. The second-order valence-electron chi connectivity index (χ2n) is 3.99. The average Bonchev–Trinajstić information content (AvgIpc) is 2.46. The van der Waals surface area contributed by atoms with Gasteiger partial charge in [0.05, 0.1) is 5.56 Å². The van der Waals surface area contributed by atoms with Gasteiger partial charge < -0.3 is 10.6 Å². The van der Waals surface area contributed by atoms with Crippen molar-refractivity contribution in [3.8, 4) is 0 Å². The van der Waals surface area contributed by atoms with Gasteiger partial charge in [0.25, 0.3) is 5.91 Å². The predicted molar refractivity (Wildman–Crippen MR) is 79.1 cm³/mol. The summed E-state index contributed by atoms with van der Waals surface area (Å²) >= 11 is 3.37. The molecule has 5 heteroatoms. The molecule has 2 rings (SSSR count). The second-order valence-corrected chi connectivity index (χ2v) is 4.91. The Balaban J connectivity index is 1.95. The van der Waals surface area contributed by atoms with Crippen LogP contribution < -0.4 is 10.6 Å². The van der Waals surface area contributed by atoms with Crippen LogP contribution in [0.2, 0.25) is 0 Å². The molecular formula is C14H14BrN3O. The molecule has 1 amide bonds. The van der Waals surface area contributed by atoms with Gasteiger partial charge in [0.2, 0.25) is 0 Å². The van der Waals surface area contributed by atoms with E-state index in [9.17, 15) is 4.79 Å². The fraction of sp³-hybridized carbons (Fsp3) is 0.143. The number of nitrogens with zero attached hydrogens (tertiary/aromatic N) is 1. The summed E-state index contributed by atoms with van der Waals surface area (Å²) in [7, 11) is 1.79. The number of aromatic nitrogens is 1. The van der Waals surface area contributed by atoms with E-state index in [-0.39, 0.29) is 5.91 Å². The molecule has 0 bridgehead atoms. The third-order valence-corrected chi connectivity index (χ3v) is 3.18. The molecule has 0 aliphatic rings. The Labute approximate surface area is 120 Å². The summed E-state index contributed by atoms with van der Waals surface area (Å²) in [4.78, 5) is 16.0. The third kappa shape index (κ3) is 3.79. The molecule has 2 aromatic rings. The topological polar surface area (TPSA) is 54.0 Å². The minimum Gasteiger partial charge on any atom is -0.373 e. The highest BCUT2D eigenvalue weighted by Gasteiger charge is 2.05. The number of carbonyl (C=O) groups is 1. The van der Waals surface area contributed by atoms with E-state index in [0.717, 1.165) is 15.9 Å². The molecule has 0 aliphatic heterocycles. The minimum atomic E-state index is -0.127. The van der Waals surface area contributed by atoms with Crippen LogP contribution in [0.3, 0.4) is 0 Å². The summed E-state index contributed by atoms with van der Waals surface area (Å²) in [5.74, 6) is 0.613. The fourth-order valence-electron chi connectivity index (χ4n) is 1.56. The van der Waals surface area contributed by atoms with Crippen LogP contribution in [0.25, 0.3) is 0 Å². The van der Waals surface area contributed by atoms with E-state index in [2.05, 4.69) is 31.5 Å². The molecule has 4 nitrogen and oxygen atoms in total. The van der Waals surface area contributed by atoms with Crippen molar-refractivity contribution < 1.29 is 4.79 Å². The van der Waals surface area contributed by atoms with Crippen LogP contribution in [0, 0.1) is 0 Å². The maximum Gasteiger partial charge on any atom is 0.253 e. The summed E-state index contributed by atoms with van der Waals surface area (Å²) < 4.78 is 1.02. The van der Waals surface area contributed by atoms with Crippen molar-refractivity contribution >= 4 is 27.7 Å². The zero-order valence-corrected chi connectivity index (χ0v) is 12.1. The van der Waals surface area contributed by atoms with Gasteiger partial charge in [-0.3, -0.25) is 4.79 Å². The van der Waals surface area contributed by atoms with Crippen molar-refractivity contribution in [2.75, 3.05) is 12.4 Å². The first-order valence-corrected chi connectivity index (χ1v) is 6.65. The summed E-state index contributed by atoms with van der Waals surface area (Å²) in [5.41, 5.74) is 1.60. The van der Waals surface area contributed by atoms with Crippen LogP contribution in [0.5, 0.6) is 0 Å². The van der Waals surface area contributed by atoms with Gasteiger partial charge in [0.1, 0.15) is 5.82 Å². The molecule has 1 aromatic heterocycles. The number of anilines is 1.